The van der Waals surface area contributed by atoms with Crippen molar-refractivity contribution in [3.05, 3.63) is 22.7 Å². The number of nitrogen functional groups attached to an aromatic ring is 1. The molecule has 0 saturated carbocycles. The van der Waals surface area contributed by atoms with E-state index in [0.717, 1.165) is 17.4 Å². The topological polar surface area (TPSA) is 252 Å². The van der Waals surface area contributed by atoms with Crippen molar-refractivity contribution in [3.8, 4) is 0 Å². The maximum atomic E-state index is 12.3. The van der Waals surface area contributed by atoms with Gasteiger partial charge in [-0.05, 0) is 18.9 Å². The zero-order valence-corrected chi connectivity index (χ0v) is 21.3. The largest absolute Gasteiger partial charge is 0.472 e. The van der Waals surface area contributed by atoms with Crippen molar-refractivity contribution in [2.75, 3.05) is 25.6 Å². The highest BCUT2D eigenvalue weighted by molar-refractivity contribution is 7.47. The van der Waals surface area contributed by atoms with Crippen molar-refractivity contribution >= 4 is 21.5 Å². The molecule has 34 heavy (non-hydrogen) atoms. The molecule has 1 aliphatic heterocycles. The number of ether oxygens (including phenoxy) is 1. The third-order valence-corrected chi connectivity index (χ3v) is 6.55. The van der Waals surface area contributed by atoms with Crippen LogP contribution in [0.3, 0.4) is 0 Å². The van der Waals surface area contributed by atoms with E-state index in [1.807, 2.05) is 13.8 Å². The zero-order chi connectivity index (χ0) is 23.8. The molecule has 1 aromatic heterocycles. The molecule has 0 aliphatic carbocycles. The number of anilines is 1. The molecule has 5 atom stereocenters. The van der Waals surface area contributed by atoms with Gasteiger partial charge < -0.3 is 32.6 Å². The molecule has 2 heterocycles. The maximum absolute atomic E-state index is 12.3. The molecule has 2 rings (SSSR count). The van der Waals surface area contributed by atoms with E-state index in [4.69, 9.17) is 28.6 Å². The second kappa shape index (κ2) is 15.0. The predicted octanol–water partition coefficient (Wildman–Crippen LogP) is 2.67. The van der Waals surface area contributed by atoms with Gasteiger partial charge in [-0.3, -0.25) is 22.7 Å². The van der Waals surface area contributed by atoms with Crippen molar-refractivity contribution < 1.29 is 41.7 Å². The molecule has 1 aliphatic rings. The molecule has 0 bridgehead atoms. The molecule has 1 aromatic rings. The Balaban J connectivity index is 0.00000544. The van der Waals surface area contributed by atoms with Gasteiger partial charge in [0.1, 0.15) is 24.3 Å². The van der Waals surface area contributed by atoms with Gasteiger partial charge in [0.05, 0.1) is 19.8 Å². The SMILES string of the molecule is CCCCOP(=O)(O)OC[C@H]1O[C@H](n2ccc(N)nc2=O)C[C@@H]1OP(=O)(O)OCCCC.N.N. The zero-order valence-electron chi connectivity index (χ0n) is 19.5. The van der Waals surface area contributed by atoms with Gasteiger partial charge in [0.25, 0.3) is 0 Å². The van der Waals surface area contributed by atoms with Crippen LogP contribution in [0, 0.1) is 0 Å². The number of phosphoric acid groups is 2. The summed E-state index contributed by atoms with van der Waals surface area (Å²) in [6.07, 6.45) is 0.845. The molecule has 0 spiro atoms. The van der Waals surface area contributed by atoms with E-state index in [9.17, 15) is 23.7 Å². The van der Waals surface area contributed by atoms with Gasteiger partial charge >= 0.3 is 21.3 Å². The van der Waals surface area contributed by atoms with E-state index >= 15 is 0 Å². The highest BCUT2D eigenvalue weighted by Gasteiger charge is 2.43. The van der Waals surface area contributed by atoms with Gasteiger partial charge in [0.2, 0.25) is 0 Å². The molecule has 0 amide bonds. The predicted molar refractivity (Wildman–Crippen MR) is 124 cm³/mol. The van der Waals surface area contributed by atoms with Gasteiger partial charge in [0, 0.05) is 12.6 Å². The second-order valence-electron chi connectivity index (χ2n) is 7.16. The minimum absolute atomic E-state index is 0. The van der Waals surface area contributed by atoms with Gasteiger partial charge in [-0.25, -0.2) is 13.9 Å². The Morgan fingerprint density at radius 3 is 2.26 bits per heavy atom. The first-order valence-electron chi connectivity index (χ1n) is 10.3. The van der Waals surface area contributed by atoms with Crippen molar-refractivity contribution in [3.63, 3.8) is 0 Å². The summed E-state index contributed by atoms with van der Waals surface area (Å²) in [4.78, 5) is 35.6. The fourth-order valence-electron chi connectivity index (χ4n) is 2.83. The van der Waals surface area contributed by atoms with Crippen LogP contribution in [-0.2, 0) is 32.0 Å². The quantitative estimate of drug-likeness (QED) is 0.170. The van der Waals surface area contributed by atoms with E-state index in [1.54, 1.807) is 0 Å². The summed E-state index contributed by atoms with van der Waals surface area (Å²) in [6, 6.07) is 1.39. The normalized spacial score (nSPS) is 23.4. The molecule has 0 aromatic carbocycles. The Labute approximate surface area is 198 Å². The van der Waals surface area contributed by atoms with E-state index in [2.05, 4.69) is 4.98 Å². The Kier molecular flexibility index (Phi) is 14.5. The smallest absolute Gasteiger partial charge is 0.383 e. The lowest BCUT2D eigenvalue weighted by molar-refractivity contribution is -0.0468. The highest BCUT2D eigenvalue weighted by Crippen LogP contribution is 2.49. The summed E-state index contributed by atoms with van der Waals surface area (Å²) in [5, 5.41) is 0. The summed E-state index contributed by atoms with van der Waals surface area (Å²) in [5.41, 5.74) is 4.80. The van der Waals surface area contributed by atoms with Crippen LogP contribution in [0.4, 0.5) is 5.82 Å². The third-order valence-electron chi connectivity index (χ3n) is 4.52. The molecule has 1 fully saturated rings. The summed E-state index contributed by atoms with van der Waals surface area (Å²) >= 11 is 0. The Hall–Kier alpha value is -1.22. The molecular formula is C17H37N5O10P2. The first kappa shape index (κ1) is 32.8. The fourth-order valence-corrected chi connectivity index (χ4v) is 4.59. The first-order chi connectivity index (χ1) is 15.1. The lowest BCUT2D eigenvalue weighted by Gasteiger charge is -2.22. The van der Waals surface area contributed by atoms with Crippen molar-refractivity contribution in [2.45, 2.75) is 64.4 Å². The van der Waals surface area contributed by atoms with Crippen LogP contribution in [0.5, 0.6) is 0 Å². The fraction of sp³-hybridized carbons (Fsp3) is 0.765. The highest BCUT2D eigenvalue weighted by atomic mass is 31.2. The van der Waals surface area contributed by atoms with Gasteiger partial charge in [0.15, 0.2) is 0 Å². The van der Waals surface area contributed by atoms with Crippen LogP contribution in [0.15, 0.2) is 17.1 Å². The molecule has 17 heteroatoms. The van der Waals surface area contributed by atoms with Gasteiger partial charge in [-0.15, -0.1) is 0 Å². The number of phosphoric ester groups is 2. The number of unbranched alkanes of at least 4 members (excludes halogenated alkanes) is 2. The lowest BCUT2D eigenvalue weighted by Crippen LogP contribution is -2.29. The van der Waals surface area contributed by atoms with Crippen molar-refractivity contribution in [1.82, 2.24) is 21.9 Å². The Morgan fingerprint density at radius 2 is 1.71 bits per heavy atom. The number of hydrogen-bond donors (Lipinski definition) is 5. The monoisotopic (exact) mass is 533 g/mol. The summed E-state index contributed by atoms with van der Waals surface area (Å²) in [6.45, 7) is 3.34. The standard InChI is InChI=1S/C17H31N3O10P2.2H3N/c1-3-5-9-26-31(22,23)28-12-14-13(30-32(24,25)27-10-6-4-2)11-16(29-14)20-8-7-15(18)19-17(20)21;;/h7-8,13-14,16H,3-6,9-12H2,1-2H3,(H,22,23)(H,24,25)(H2,18,19,21);2*1H3/t13-,14+,16-;;/m0../s1. The van der Waals surface area contributed by atoms with Crippen LogP contribution < -0.4 is 23.7 Å². The molecule has 2 unspecified atom stereocenters. The first-order valence-corrected chi connectivity index (χ1v) is 13.3. The summed E-state index contributed by atoms with van der Waals surface area (Å²) in [7, 11) is -8.83. The minimum atomic E-state index is -4.45. The van der Waals surface area contributed by atoms with Crippen LogP contribution >= 0.6 is 15.6 Å². The molecule has 10 N–H and O–H groups in total. The molecular weight excluding hydrogens is 496 g/mol. The molecule has 0 radical (unpaired) electrons. The summed E-state index contributed by atoms with van der Waals surface area (Å²) < 4.78 is 51.3. The molecule has 1 saturated heterocycles. The maximum Gasteiger partial charge on any atom is 0.472 e. The van der Waals surface area contributed by atoms with Gasteiger partial charge in [-0.1, -0.05) is 26.7 Å². The summed E-state index contributed by atoms with van der Waals surface area (Å²) in [5.74, 6) is 0.0200. The number of rotatable bonds is 14. The van der Waals surface area contributed by atoms with Crippen LogP contribution in [-0.4, -0.2) is 51.4 Å². The van der Waals surface area contributed by atoms with E-state index in [0.29, 0.717) is 12.8 Å². The Morgan fingerprint density at radius 1 is 1.12 bits per heavy atom. The number of aromatic nitrogens is 2. The number of nitrogens with two attached hydrogens (primary N) is 1. The molecule has 15 nitrogen and oxygen atoms in total. The van der Waals surface area contributed by atoms with Crippen molar-refractivity contribution in [2.24, 2.45) is 0 Å². The third kappa shape index (κ3) is 10.6. The second-order valence-corrected chi connectivity index (χ2v) is 10.0. The molecule has 200 valence electrons. The van der Waals surface area contributed by atoms with Gasteiger partial charge in [-0.2, -0.15) is 4.98 Å². The number of nitrogens with zero attached hydrogens (tertiary/aromatic N) is 2. The van der Waals surface area contributed by atoms with Crippen LogP contribution in [0.2, 0.25) is 0 Å². The van der Waals surface area contributed by atoms with Crippen molar-refractivity contribution in [1.29, 1.82) is 0 Å². The van der Waals surface area contributed by atoms with E-state index in [-0.39, 0.29) is 37.8 Å². The average Bonchev–Trinajstić information content (AvgIpc) is 3.08. The van der Waals surface area contributed by atoms with E-state index in [1.165, 1.54) is 12.3 Å². The van der Waals surface area contributed by atoms with Crippen LogP contribution in [0.25, 0.3) is 0 Å². The Bertz CT molecular complexity index is 888. The minimum Gasteiger partial charge on any atom is -0.383 e. The lowest BCUT2D eigenvalue weighted by atomic mass is 10.2. The van der Waals surface area contributed by atoms with E-state index < -0.39 is 46.4 Å². The number of hydrogen-bond acceptors (Lipinski definition) is 12. The van der Waals surface area contributed by atoms with Crippen LogP contribution in [0.1, 0.15) is 52.2 Å². The average molecular weight is 533 g/mol.